The Morgan fingerprint density at radius 3 is 2.43 bits per heavy atom. The maximum absolute atomic E-state index is 13.2. The van der Waals surface area contributed by atoms with E-state index >= 15 is 0 Å². The summed E-state index contributed by atoms with van der Waals surface area (Å²) < 4.78 is 30.3. The predicted octanol–water partition coefficient (Wildman–Crippen LogP) is 4.54. The fourth-order valence-electron chi connectivity index (χ4n) is 4.85. The lowest BCUT2D eigenvalue weighted by Gasteiger charge is -2.45. The van der Waals surface area contributed by atoms with Crippen LogP contribution in [-0.2, 0) is 22.0 Å². The first-order chi connectivity index (χ1) is 14.5. The second-order valence-corrected chi connectivity index (χ2v) is 10.2. The first kappa shape index (κ1) is 19.4. The normalized spacial score (nSPS) is 17.9. The van der Waals surface area contributed by atoms with Crippen molar-refractivity contribution in [1.82, 2.24) is 8.87 Å². The number of aromatic nitrogens is 1. The van der Waals surface area contributed by atoms with Crippen molar-refractivity contribution >= 4 is 15.7 Å². The minimum atomic E-state index is -3.47. The second kappa shape index (κ2) is 7.29. The van der Waals surface area contributed by atoms with Crippen molar-refractivity contribution in [3.8, 4) is 5.69 Å². The molecule has 0 aliphatic carbocycles. The third-order valence-electron chi connectivity index (χ3n) is 6.45. The molecule has 0 amide bonds. The SMILES string of the molecule is CCCc1ccc(S(=O)(=O)N2CCC3(CC2)Nc2ccccc2-n2cccc23)cc1. The minimum Gasteiger partial charge on any atom is -0.372 e. The highest BCUT2D eigenvalue weighted by Crippen LogP contribution is 2.43. The van der Waals surface area contributed by atoms with E-state index < -0.39 is 10.0 Å². The van der Waals surface area contributed by atoms with E-state index in [1.54, 1.807) is 16.4 Å². The van der Waals surface area contributed by atoms with Gasteiger partial charge < -0.3 is 9.88 Å². The molecule has 1 aromatic heterocycles. The number of sulfonamides is 1. The third kappa shape index (κ3) is 3.06. The van der Waals surface area contributed by atoms with E-state index in [1.165, 1.54) is 11.3 Å². The van der Waals surface area contributed by atoms with E-state index in [1.807, 2.05) is 24.3 Å². The first-order valence-corrected chi connectivity index (χ1v) is 12.1. The molecule has 5 nitrogen and oxygen atoms in total. The van der Waals surface area contributed by atoms with Gasteiger partial charge in [-0.2, -0.15) is 4.31 Å². The molecule has 2 aromatic carbocycles. The van der Waals surface area contributed by atoms with E-state index in [4.69, 9.17) is 0 Å². The van der Waals surface area contributed by atoms with Gasteiger partial charge in [-0.1, -0.05) is 37.6 Å². The number of hydrogen-bond donors (Lipinski definition) is 1. The summed E-state index contributed by atoms with van der Waals surface area (Å²) in [5, 5.41) is 3.75. The zero-order valence-electron chi connectivity index (χ0n) is 17.2. The van der Waals surface area contributed by atoms with Gasteiger partial charge in [-0.25, -0.2) is 8.42 Å². The van der Waals surface area contributed by atoms with Crippen LogP contribution in [0.4, 0.5) is 5.69 Å². The molecule has 3 heterocycles. The van der Waals surface area contributed by atoms with Crippen molar-refractivity contribution in [1.29, 1.82) is 0 Å². The summed E-state index contributed by atoms with van der Waals surface area (Å²) in [5.41, 5.74) is 4.39. The lowest BCUT2D eigenvalue weighted by Crippen LogP contribution is -2.50. The molecule has 6 heteroatoms. The van der Waals surface area contributed by atoms with Gasteiger partial charge in [0.1, 0.15) is 0 Å². The zero-order chi connectivity index (χ0) is 20.8. The minimum absolute atomic E-state index is 0.241. The molecule has 1 saturated heterocycles. The van der Waals surface area contributed by atoms with Crippen LogP contribution in [0.25, 0.3) is 5.69 Å². The number of hydrogen-bond acceptors (Lipinski definition) is 3. The summed E-state index contributed by atoms with van der Waals surface area (Å²) in [6.07, 6.45) is 5.59. The van der Waals surface area contributed by atoms with Crippen molar-refractivity contribution < 1.29 is 8.42 Å². The highest BCUT2D eigenvalue weighted by atomic mass is 32.2. The summed E-state index contributed by atoms with van der Waals surface area (Å²) in [4.78, 5) is 0.392. The van der Waals surface area contributed by atoms with E-state index in [2.05, 4.69) is 47.3 Å². The molecular weight excluding hydrogens is 394 g/mol. The largest absolute Gasteiger partial charge is 0.372 e. The molecule has 0 saturated carbocycles. The van der Waals surface area contributed by atoms with Crippen molar-refractivity contribution in [2.24, 2.45) is 0 Å². The van der Waals surface area contributed by atoms with Gasteiger partial charge in [-0.3, -0.25) is 0 Å². The Kier molecular flexibility index (Phi) is 4.71. The molecule has 3 aromatic rings. The van der Waals surface area contributed by atoms with Crippen LogP contribution >= 0.6 is 0 Å². The van der Waals surface area contributed by atoms with Crippen LogP contribution in [0.15, 0.2) is 71.8 Å². The molecule has 0 bridgehead atoms. The summed E-state index contributed by atoms with van der Waals surface area (Å²) in [6.45, 7) is 3.13. The van der Waals surface area contributed by atoms with Gasteiger partial charge in [-0.05, 0) is 61.2 Å². The third-order valence-corrected chi connectivity index (χ3v) is 8.37. The van der Waals surface area contributed by atoms with Gasteiger partial charge in [-0.15, -0.1) is 0 Å². The number of rotatable bonds is 4. The second-order valence-electron chi connectivity index (χ2n) is 8.29. The van der Waals surface area contributed by atoms with Gasteiger partial charge in [0.25, 0.3) is 0 Å². The Hall–Kier alpha value is -2.57. The van der Waals surface area contributed by atoms with Crippen LogP contribution in [0.3, 0.4) is 0 Å². The average Bonchev–Trinajstić information content (AvgIpc) is 3.26. The number of nitrogens with one attached hydrogen (secondary N) is 1. The molecule has 2 aliphatic rings. The van der Waals surface area contributed by atoms with E-state index in [0.29, 0.717) is 18.0 Å². The maximum atomic E-state index is 13.2. The van der Waals surface area contributed by atoms with Crippen LogP contribution in [0.1, 0.15) is 37.4 Å². The lowest BCUT2D eigenvalue weighted by molar-refractivity contribution is 0.247. The molecule has 0 unspecified atom stereocenters. The standard InChI is InChI=1S/C24H27N3O2S/c1-2-6-19-10-12-20(13-11-19)30(28,29)26-17-14-24(15-18-26)23-9-5-16-27(23)22-8-4-3-7-21(22)25-24/h3-5,7-13,16,25H,2,6,14-15,17-18H2,1H3. The molecule has 1 spiro atoms. The summed E-state index contributed by atoms with van der Waals surface area (Å²) in [6, 6.07) is 19.9. The van der Waals surface area contributed by atoms with Crippen LogP contribution in [0.5, 0.6) is 0 Å². The smallest absolute Gasteiger partial charge is 0.243 e. The van der Waals surface area contributed by atoms with E-state index in [-0.39, 0.29) is 5.54 Å². The Balaban J connectivity index is 1.39. The molecule has 2 aliphatic heterocycles. The predicted molar refractivity (Wildman–Crippen MR) is 119 cm³/mol. The molecule has 5 rings (SSSR count). The number of aryl methyl sites for hydroxylation is 1. The number of fused-ring (bicyclic) bond motifs is 4. The van der Waals surface area contributed by atoms with Gasteiger partial charge >= 0.3 is 0 Å². The van der Waals surface area contributed by atoms with Crippen LogP contribution < -0.4 is 5.32 Å². The molecule has 1 N–H and O–H groups in total. The lowest BCUT2D eigenvalue weighted by atomic mass is 9.83. The molecule has 0 radical (unpaired) electrons. The van der Waals surface area contributed by atoms with Crippen molar-refractivity contribution in [2.45, 2.75) is 43.0 Å². The van der Waals surface area contributed by atoms with Gasteiger partial charge in [0, 0.05) is 25.0 Å². The number of para-hydroxylation sites is 2. The Morgan fingerprint density at radius 1 is 0.967 bits per heavy atom. The fraction of sp³-hybridized carbons (Fsp3) is 0.333. The quantitative estimate of drug-likeness (QED) is 0.673. The Morgan fingerprint density at radius 2 is 1.70 bits per heavy atom. The molecular formula is C24H27N3O2S. The summed E-state index contributed by atoms with van der Waals surface area (Å²) in [5.74, 6) is 0. The van der Waals surface area contributed by atoms with Crippen molar-refractivity contribution in [3.05, 3.63) is 78.1 Å². The Bertz CT molecular complexity index is 1160. The van der Waals surface area contributed by atoms with E-state index in [0.717, 1.165) is 37.1 Å². The highest BCUT2D eigenvalue weighted by molar-refractivity contribution is 7.89. The monoisotopic (exact) mass is 421 g/mol. The van der Waals surface area contributed by atoms with Crippen LogP contribution in [0.2, 0.25) is 0 Å². The number of benzene rings is 2. The van der Waals surface area contributed by atoms with E-state index in [9.17, 15) is 8.42 Å². The van der Waals surface area contributed by atoms with Gasteiger partial charge in [0.15, 0.2) is 0 Å². The molecule has 30 heavy (non-hydrogen) atoms. The zero-order valence-corrected chi connectivity index (χ0v) is 18.0. The molecule has 0 atom stereocenters. The van der Waals surface area contributed by atoms with Crippen molar-refractivity contribution in [3.63, 3.8) is 0 Å². The van der Waals surface area contributed by atoms with Gasteiger partial charge in [0.05, 0.1) is 21.8 Å². The van der Waals surface area contributed by atoms with Crippen molar-refractivity contribution in [2.75, 3.05) is 18.4 Å². The van der Waals surface area contributed by atoms with Gasteiger partial charge in [0.2, 0.25) is 10.0 Å². The first-order valence-electron chi connectivity index (χ1n) is 10.7. The van der Waals surface area contributed by atoms with Crippen LogP contribution in [0, 0.1) is 0 Å². The fourth-order valence-corrected chi connectivity index (χ4v) is 6.29. The topological polar surface area (TPSA) is 54.3 Å². The molecule has 156 valence electrons. The molecule has 1 fully saturated rings. The average molecular weight is 422 g/mol. The number of anilines is 1. The van der Waals surface area contributed by atoms with Crippen LogP contribution in [-0.4, -0.2) is 30.4 Å². The number of piperidine rings is 1. The Labute approximate surface area is 178 Å². The summed E-state index contributed by atoms with van der Waals surface area (Å²) >= 11 is 0. The number of nitrogens with zero attached hydrogens (tertiary/aromatic N) is 2. The highest BCUT2D eigenvalue weighted by Gasteiger charge is 2.43. The maximum Gasteiger partial charge on any atom is 0.243 e. The summed E-state index contributed by atoms with van der Waals surface area (Å²) in [7, 11) is -3.47.